The maximum Gasteiger partial charge on any atom is 0.416 e. The Labute approximate surface area is 159 Å². The summed E-state index contributed by atoms with van der Waals surface area (Å²) >= 11 is 0. The van der Waals surface area contributed by atoms with E-state index in [0.29, 0.717) is 17.7 Å². The van der Waals surface area contributed by atoms with E-state index in [1.54, 1.807) is 18.2 Å². The third-order valence-electron chi connectivity index (χ3n) is 3.72. The average Bonchev–Trinajstić information content (AvgIpc) is 2.85. The summed E-state index contributed by atoms with van der Waals surface area (Å²) in [5.41, 5.74) is 4.66. The summed E-state index contributed by atoms with van der Waals surface area (Å²) in [4.78, 5) is 12.6. The van der Waals surface area contributed by atoms with E-state index in [1.165, 1.54) is 12.1 Å². The van der Waals surface area contributed by atoms with Gasteiger partial charge in [0.05, 0.1) is 6.93 Å². The number of nitrogens with two attached hydrogens (primary N) is 1. The molecule has 6 nitrogen and oxygen atoms in total. The molecule has 0 spiro atoms. The largest absolute Gasteiger partial charge is 0.460 e. The molecule has 2 aromatic carbocycles. The van der Waals surface area contributed by atoms with Crippen molar-refractivity contribution in [1.82, 2.24) is 0 Å². The molecule has 0 fully saturated rings. The van der Waals surface area contributed by atoms with Crippen LogP contribution in [0.1, 0.15) is 24.1 Å². The first-order chi connectivity index (χ1) is 13.4. The minimum absolute atomic E-state index is 0.266. The molecule has 0 unspecified atom stereocenters. The molecule has 148 valence electrons. The van der Waals surface area contributed by atoms with Crippen molar-refractivity contribution in [2.45, 2.75) is 18.0 Å². The molecule has 0 aliphatic carbocycles. The minimum Gasteiger partial charge on any atom is -0.460 e. The number of benzene rings is 2. The topological polar surface area (TPSA) is 95.7 Å². The average molecular weight is 414 g/mol. The van der Waals surface area contributed by atoms with Gasteiger partial charge in [0.25, 0.3) is 0 Å². The SMILES string of the molecule is [2H][C@@]1(c2ccc(C(F)(F)F)cc2)OC(N)=C(OS(=O)(=O)Cc2ccccc2)C1=O. The van der Waals surface area contributed by atoms with Gasteiger partial charge in [-0.3, -0.25) is 4.79 Å². The molecule has 28 heavy (non-hydrogen) atoms. The summed E-state index contributed by atoms with van der Waals surface area (Å²) in [6.45, 7) is 0. The Hall–Kier alpha value is -3.01. The van der Waals surface area contributed by atoms with Crippen LogP contribution >= 0.6 is 0 Å². The predicted molar refractivity (Wildman–Crippen MR) is 91.6 cm³/mol. The Kier molecular flexibility index (Phi) is 4.71. The highest BCUT2D eigenvalue weighted by Crippen LogP contribution is 2.35. The normalized spacial score (nSPS) is 20.7. The first kappa shape index (κ1) is 18.4. The van der Waals surface area contributed by atoms with Gasteiger partial charge in [0.1, 0.15) is 5.75 Å². The van der Waals surface area contributed by atoms with Crippen LogP contribution in [-0.2, 0) is 35.8 Å². The Morgan fingerprint density at radius 1 is 1.11 bits per heavy atom. The van der Waals surface area contributed by atoms with Crippen LogP contribution in [0.15, 0.2) is 66.2 Å². The Morgan fingerprint density at radius 2 is 1.71 bits per heavy atom. The van der Waals surface area contributed by atoms with Crippen molar-refractivity contribution in [2.75, 3.05) is 0 Å². The maximum atomic E-state index is 12.7. The highest BCUT2D eigenvalue weighted by atomic mass is 32.2. The number of alkyl halides is 3. The molecule has 1 aliphatic heterocycles. The van der Waals surface area contributed by atoms with Crippen molar-refractivity contribution in [3.8, 4) is 0 Å². The highest BCUT2D eigenvalue weighted by molar-refractivity contribution is 7.86. The van der Waals surface area contributed by atoms with Crippen LogP contribution < -0.4 is 5.73 Å². The lowest BCUT2D eigenvalue weighted by molar-refractivity contribution is -0.137. The van der Waals surface area contributed by atoms with Crippen LogP contribution in [0, 0.1) is 0 Å². The van der Waals surface area contributed by atoms with Gasteiger partial charge in [-0.05, 0) is 17.7 Å². The highest BCUT2D eigenvalue weighted by Gasteiger charge is 2.40. The molecule has 1 aliphatic rings. The van der Waals surface area contributed by atoms with Crippen molar-refractivity contribution in [3.05, 3.63) is 82.9 Å². The summed E-state index contributed by atoms with van der Waals surface area (Å²) in [6.07, 6.45) is -7.17. The molecule has 1 heterocycles. The van der Waals surface area contributed by atoms with Crippen LogP contribution in [0.3, 0.4) is 0 Å². The van der Waals surface area contributed by atoms with Crippen LogP contribution in [0.2, 0.25) is 0 Å². The van der Waals surface area contributed by atoms with Crippen molar-refractivity contribution in [3.63, 3.8) is 0 Å². The molecule has 0 bridgehead atoms. The number of rotatable bonds is 5. The Bertz CT molecular complexity index is 1070. The van der Waals surface area contributed by atoms with Gasteiger partial charge in [-0.15, -0.1) is 0 Å². The van der Waals surface area contributed by atoms with E-state index in [2.05, 4.69) is 0 Å². The third-order valence-corrected chi connectivity index (χ3v) is 4.83. The van der Waals surface area contributed by atoms with Gasteiger partial charge in [-0.25, -0.2) is 0 Å². The maximum absolute atomic E-state index is 12.7. The van der Waals surface area contributed by atoms with Crippen LogP contribution in [0.25, 0.3) is 0 Å². The lowest BCUT2D eigenvalue weighted by Gasteiger charge is -2.12. The monoisotopic (exact) mass is 414 g/mol. The number of ketones is 1. The molecule has 3 rings (SSSR count). The fraction of sp³-hybridized carbons (Fsp3) is 0.167. The Morgan fingerprint density at radius 3 is 2.29 bits per heavy atom. The smallest absolute Gasteiger partial charge is 0.416 e. The first-order valence-corrected chi connectivity index (χ1v) is 9.37. The number of hydrogen-bond acceptors (Lipinski definition) is 6. The van der Waals surface area contributed by atoms with Gasteiger partial charge >= 0.3 is 16.3 Å². The fourth-order valence-corrected chi connectivity index (χ4v) is 3.50. The summed E-state index contributed by atoms with van der Waals surface area (Å²) in [5, 5.41) is 0. The van der Waals surface area contributed by atoms with Gasteiger partial charge in [-0.2, -0.15) is 21.6 Å². The zero-order valence-corrected chi connectivity index (χ0v) is 14.9. The third kappa shape index (κ3) is 4.28. The van der Waals surface area contributed by atoms with Crippen molar-refractivity contribution < 1.29 is 36.7 Å². The minimum atomic E-state index is -4.61. The quantitative estimate of drug-likeness (QED) is 0.756. The molecule has 0 amide bonds. The second kappa shape index (κ2) is 7.19. The van der Waals surface area contributed by atoms with Crippen LogP contribution in [-0.4, -0.2) is 14.2 Å². The zero-order valence-electron chi connectivity index (χ0n) is 15.1. The summed E-state index contributed by atoms with van der Waals surface area (Å²) in [7, 11) is -4.31. The van der Waals surface area contributed by atoms with Gasteiger partial charge < -0.3 is 14.7 Å². The summed E-state index contributed by atoms with van der Waals surface area (Å²) < 4.78 is 80.5. The Balaban J connectivity index is 1.83. The van der Waals surface area contributed by atoms with Gasteiger partial charge in [0.15, 0.2) is 6.08 Å². The zero-order chi connectivity index (χ0) is 21.4. The van der Waals surface area contributed by atoms with Crippen molar-refractivity contribution in [1.29, 1.82) is 0 Å². The lowest BCUT2D eigenvalue weighted by Crippen LogP contribution is -2.16. The number of Topliss-reactive ketones (excluding diaryl/α,β-unsaturated/α-hetero) is 1. The van der Waals surface area contributed by atoms with E-state index in [0.717, 1.165) is 12.1 Å². The van der Waals surface area contributed by atoms with E-state index in [1.807, 2.05) is 0 Å². The molecule has 2 N–H and O–H groups in total. The molecule has 0 saturated carbocycles. The molecular weight excluding hydrogens is 399 g/mol. The number of hydrogen-bond donors (Lipinski definition) is 1. The van der Waals surface area contributed by atoms with Crippen LogP contribution in [0.5, 0.6) is 0 Å². The molecule has 2 aromatic rings. The number of halogens is 3. The second-order valence-electron chi connectivity index (χ2n) is 5.80. The van der Waals surface area contributed by atoms with E-state index >= 15 is 0 Å². The fourth-order valence-electron chi connectivity index (χ4n) is 2.43. The van der Waals surface area contributed by atoms with E-state index in [9.17, 15) is 26.4 Å². The summed E-state index contributed by atoms with van der Waals surface area (Å²) in [6, 6.07) is 11.1. The van der Waals surface area contributed by atoms with Crippen LogP contribution in [0.4, 0.5) is 13.2 Å². The molecular formula is C18H14F3NO5S. The van der Waals surface area contributed by atoms with E-state index in [-0.39, 0.29) is 5.56 Å². The standard InChI is InChI=1S/C18H14F3NO5S/c19-18(20,21)13-8-6-12(7-9-13)15-14(23)16(17(22)26-15)27-28(24,25)10-11-4-2-1-3-5-11/h1-9,15H,10,22H2/t15-/m0/s1/i15D. The predicted octanol–water partition coefficient (Wildman–Crippen LogP) is 3.02. The van der Waals surface area contributed by atoms with Gasteiger partial charge in [0, 0.05) is 5.56 Å². The van der Waals surface area contributed by atoms with Crippen molar-refractivity contribution in [2.24, 2.45) is 5.73 Å². The molecule has 10 heteroatoms. The number of carbonyl (C=O) groups is 1. The number of carbonyl (C=O) groups excluding carboxylic acids is 1. The van der Waals surface area contributed by atoms with E-state index in [4.69, 9.17) is 16.0 Å². The van der Waals surface area contributed by atoms with Gasteiger partial charge in [-0.1, -0.05) is 42.5 Å². The van der Waals surface area contributed by atoms with Crippen molar-refractivity contribution >= 4 is 15.9 Å². The van der Waals surface area contributed by atoms with Gasteiger partial charge in [0.2, 0.25) is 17.4 Å². The van der Waals surface area contributed by atoms with E-state index < -0.39 is 51.1 Å². The molecule has 0 aromatic heterocycles. The second-order valence-corrected chi connectivity index (χ2v) is 7.37. The lowest BCUT2D eigenvalue weighted by atomic mass is 10.0. The molecule has 0 saturated heterocycles. The number of ether oxygens (including phenoxy) is 1. The molecule has 0 radical (unpaired) electrons. The first-order valence-electron chi connectivity index (χ1n) is 8.30. The molecule has 1 atom stereocenters. The summed E-state index contributed by atoms with van der Waals surface area (Å²) in [5.74, 6) is -3.45.